The number of ether oxygens (including phenoxy) is 1. The molecular formula is C13H27IN4O4S. The number of nitrogens with one attached hydrogen (secondary N) is 1. The number of carbonyl (C=O) groups is 1. The highest BCUT2D eigenvalue weighted by Crippen LogP contribution is 2.04. The van der Waals surface area contributed by atoms with Gasteiger partial charge in [0, 0.05) is 45.5 Å². The number of carbonyl (C=O) groups excluding carboxylic acids is 1. The van der Waals surface area contributed by atoms with Crippen molar-refractivity contribution in [1.82, 2.24) is 15.1 Å². The van der Waals surface area contributed by atoms with Crippen molar-refractivity contribution in [3.05, 3.63) is 0 Å². The van der Waals surface area contributed by atoms with Crippen LogP contribution < -0.4 is 5.32 Å². The van der Waals surface area contributed by atoms with Gasteiger partial charge in [0.1, 0.15) is 0 Å². The maximum Gasteiger partial charge on any atom is 0.409 e. The van der Waals surface area contributed by atoms with Gasteiger partial charge >= 0.3 is 6.09 Å². The Bertz CT molecular complexity index is 490. The van der Waals surface area contributed by atoms with E-state index in [1.54, 1.807) is 25.8 Å². The van der Waals surface area contributed by atoms with Crippen LogP contribution in [0.5, 0.6) is 0 Å². The zero-order valence-corrected chi connectivity index (χ0v) is 17.1. The molecule has 1 rings (SSSR count). The van der Waals surface area contributed by atoms with Crippen LogP contribution in [-0.2, 0) is 14.6 Å². The summed E-state index contributed by atoms with van der Waals surface area (Å²) in [5.74, 6) is 0.895. The second-order valence-electron chi connectivity index (χ2n) is 4.88. The summed E-state index contributed by atoms with van der Waals surface area (Å²) in [6.45, 7) is 6.52. The molecule has 0 bridgehead atoms. The lowest BCUT2D eigenvalue weighted by atomic mass is 10.3. The van der Waals surface area contributed by atoms with E-state index in [1.807, 2.05) is 4.90 Å². The molecule has 0 spiro atoms. The van der Waals surface area contributed by atoms with Gasteiger partial charge in [-0.15, -0.1) is 24.0 Å². The Balaban J connectivity index is 0.00000484. The lowest BCUT2D eigenvalue weighted by Crippen LogP contribution is -2.54. The standard InChI is InChI=1S/C13H26N4O4S.HI/c1-4-21-13(18)17-9-7-16(8-10-17)12(14-3)15-6-11-22(19,20)5-2;/h4-11H2,1-3H3,(H,14,15);1H. The molecule has 0 aromatic heterocycles. The SMILES string of the molecule is CCOC(=O)N1CCN(C(=NC)NCCS(=O)(=O)CC)CC1.I. The Kier molecular flexibility index (Phi) is 10.5. The molecule has 1 fully saturated rings. The van der Waals surface area contributed by atoms with E-state index in [1.165, 1.54) is 0 Å². The predicted octanol–water partition coefficient (Wildman–Crippen LogP) is 0.389. The fraction of sp³-hybridized carbons (Fsp3) is 0.846. The van der Waals surface area contributed by atoms with Crippen LogP contribution in [0.3, 0.4) is 0 Å². The van der Waals surface area contributed by atoms with Crippen LogP contribution in [0.25, 0.3) is 0 Å². The van der Waals surface area contributed by atoms with E-state index in [9.17, 15) is 13.2 Å². The monoisotopic (exact) mass is 462 g/mol. The van der Waals surface area contributed by atoms with Crippen molar-refractivity contribution in [2.45, 2.75) is 13.8 Å². The lowest BCUT2D eigenvalue weighted by molar-refractivity contribution is 0.0915. The maximum absolute atomic E-state index is 11.6. The van der Waals surface area contributed by atoms with E-state index in [2.05, 4.69) is 10.3 Å². The van der Waals surface area contributed by atoms with Gasteiger partial charge in [0.05, 0.1) is 12.4 Å². The van der Waals surface area contributed by atoms with Crippen LogP contribution in [0.2, 0.25) is 0 Å². The topological polar surface area (TPSA) is 91.3 Å². The van der Waals surface area contributed by atoms with E-state index in [4.69, 9.17) is 4.74 Å². The van der Waals surface area contributed by atoms with Gasteiger partial charge in [0.15, 0.2) is 15.8 Å². The quantitative estimate of drug-likeness (QED) is 0.361. The molecule has 1 saturated heterocycles. The Hall–Kier alpha value is -0.780. The molecule has 0 aromatic rings. The highest BCUT2D eigenvalue weighted by Gasteiger charge is 2.23. The molecule has 1 aliphatic heterocycles. The normalized spacial score (nSPS) is 15.9. The first kappa shape index (κ1) is 22.2. The smallest absolute Gasteiger partial charge is 0.409 e. The Morgan fingerprint density at radius 3 is 2.22 bits per heavy atom. The minimum absolute atomic E-state index is 0. The van der Waals surface area contributed by atoms with Gasteiger partial charge in [0.25, 0.3) is 0 Å². The molecule has 10 heteroatoms. The summed E-state index contributed by atoms with van der Waals surface area (Å²) in [4.78, 5) is 19.5. The highest BCUT2D eigenvalue weighted by molar-refractivity contribution is 14.0. The second kappa shape index (κ2) is 10.9. The number of hydrogen-bond donors (Lipinski definition) is 1. The highest BCUT2D eigenvalue weighted by atomic mass is 127. The number of guanidine groups is 1. The molecular weight excluding hydrogens is 435 g/mol. The number of rotatable bonds is 5. The fourth-order valence-electron chi connectivity index (χ4n) is 2.11. The van der Waals surface area contributed by atoms with Crippen LogP contribution >= 0.6 is 24.0 Å². The average molecular weight is 462 g/mol. The summed E-state index contributed by atoms with van der Waals surface area (Å²) in [5, 5.41) is 3.06. The fourth-order valence-corrected chi connectivity index (χ4v) is 2.81. The molecule has 0 saturated carbocycles. The van der Waals surface area contributed by atoms with Crippen molar-refractivity contribution in [2.75, 3.05) is 57.9 Å². The van der Waals surface area contributed by atoms with Crippen molar-refractivity contribution in [2.24, 2.45) is 4.99 Å². The third kappa shape index (κ3) is 7.55. The summed E-state index contributed by atoms with van der Waals surface area (Å²) < 4.78 is 27.9. The molecule has 0 atom stereocenters. The largest absolute Gasteiger partial charge is 0.450 e. The Labute approximate surface area is 155 Å². The van der Waals surface area contributed by atoms with Gasteiger partial charge < -0.3 is 19.9 Å². The molecule has 0 aromatic carbocycles. The molecule has 0 unspecified atom stereocenters. The van der Waals surface area contributed by atoms with E-state index in [-0.39, 0.29) is 41.6 Å². The van der Waals surface area contributed by atoms with Crippen LogP contribution in [0.15, 0.2) is 4.99 Å². The molecule has 136 valence electrons. The van der Waals surface area contributed by atoms with Gasteiger partial charge in [-0.1, -0.05) is 6.92 Å². The van der Waals surface area contributed by atoms with Gasteiger partial charge in [-0.25, -0.2) is 13.2 Å². The van der Waals surface area contributed by atoms with Gasteiger partial charge in [-0.05, 0) is 6.92 Å². The third-order valence-electron chi connectivity index (χ3n) is 3.45. The molecule has 0 radical (unpaired) electrons. The molecule has 1 heterocycles. The maximum atomic E-state index is 11.6. The average Bonchev–Trinajstić information content (AvgIpc) is 2.52. The van der Waals surface area contributed by atoms with Gasteiger partial charge in [-0.2, -0.15) is 0 Å². The Morgan fingerprint density at radius 1 is 1.17 bits per heavy atom. The summed E-state index contributed by atoms with van der Waals surface area (Å²) in [7, 11) is -1.32. The number of sulfone groups is 1. The van der Waals surface area contributed by atoms with E-state index >= 15 is 0 Å². The van der Waals surface area contributed by atoms with Crippen LogP contribution in [0, 0.1) is 0 Å². The number of piperazine rings is 1. The van der Waals surface area contributed by atoms with Crippen molar-refractivity contribution in [1.29, 1.82) is 0 Å². The predicted molar refractivity (Wildman–Crippen MR) is 101 cm³/mol. The second-order valence-corrected chi connectivity index (χ2v) is 7.36. The van der Waals surface area contributed by atoms with Crippen LogP contribution in [0.4, 0.5) is 4.79 Å². The van der Waals surface area contributed by atoms with Crippen molar-refractivity contribution in [3.63, 3.8) is 0 Å². The number of aliphatic imine (C=N–C) groups is 1. The Morgan fingerprint density at radius 2 is 1.74 bits per heavy atom. The van der Waals surface area contributed by atoms with Crippen LogP contribution in [-0.4, -0.2) is 88.2 Å². The zero-order chi connectivity index (χ0) is 16.6. The zero-order valence-electron chi connectivity index (χ0n) is 13.9. The summed E-state index contributed by atoms with van der Waals surface area (Å²) in [5.41, 5.74) is 0. The van der Waals surface area contributed by atoms with Crippen molar-refractivity contribution < 1.29 is 17.9 Å². The summed E-state index contributed by atoms with van der Waals surface area (Å²) in [6.07, 6.45) is -0.292. The molecule has 8 nitrogen and oxygen atoms in total. The van der Waals surface area contributed by atoms with E-state index in [0.717, 1.165) is 0 Å². The van der Waals surface area contributed by atoms with Crippen molar-refractivity contribution >= 4 is 45.9 Å². The molecule has 0 aliphatic carbocycles. The number of nitrogens with zero attached hydrogens (tertiary/aromatic N) is 3. The lowest BCUT2D eigenvalue weighted by Gasteiger charge is -2.35. The van der Waals surface area contributed by atoms with Gasteiger partial charge in [0.2, 0.25) is 0 Å². The van der Waals surface area contributed by atoms with Crippen molar-refractivity contribution in [3.8, 4) is 0 Å². The molecule has 1 amide bonds. The minimum atomic E-state index is -2.99. The number of halogens is 1. The number of amides is 1. The van der Waals surface area contributed by atoms with Gasteiger partial charge in [-0.3, -0.25) is 4.99 Å². The first-order valence-corrected chi connectivity index (χ1v) is 9.33. The van der Waals surface area contributed by atoms with E-state index in [0.29, 0.717) is 45.3 Å². The van der Waals surface area contributed by atoms with Crippen LogP contribution in [0.1, 0.15) is 13.8 Å². The molecule has 1 aliphatic rings. The first-order chi connectivity index (χ1) is 10.4. The first-order valence-electron chi connectivity index (χ1n) is 7.51. The number of hydrogen-bond acceptors (Lipinski definition) is 5. The molecule has 1 N–H and O–H groups in total. The minimum Gasteiger partial charge on any atom is -0.450 e. The summed E-state index contributed by atoms with van der Waals surface area (Å²) in [6, 6.07) is 0. The summed E-state index contributed by atoms with van der Waals surface area (Å²) >= 11 is 0. The third-order valence-corrected chi connectivity index (χ3v) is 5.16. The van der Waals surface area contributed by atoms with E-state index < -0.39 is 9.84 Å². The molecule has 23 heavy (non-hydrogen) atoms.